The Labute approximate surface area is 210 Å². The number of nitrogens with one attached hydrogen (secondary N) is 1. The van der Waals surface area contributed by atoms with Crippen molar-refractivity contribution in [1.82, 2.24) is 14.8 Å². The third kappa shape index (κ3) is 5.17. The number of nitrogens with zero attached hydrogens (tertiary/aromatic N) is 3. The summed E-state index contributed by atoms with van der Waals surface area (Å²) in [4.78, 5) is 38.5. The Morgan fingerprint density at radius 2 is 1.76 bits per heavy atom. The summed E-state index contributed by atoms with van der Waals surface area (Å²) < 4.78 is 25.8. The lowest BCUT2D eigenvalue weighted by Crippen LogP contribution is -2.36. The van der Waals surface area contributed by atoms with Crippen LogP contribution in [-0.2, 0) is 17.6 Å². The summed E-state index contributed by atoms with van der Waals surface area (Å²) in [5.74, 6) is -0.528. The Morgan fingerprint density at radius 1 is 1.05 bits per heavy atom. The van der Waals surface area contributed by atoms with Crippen LogP contribution in [0.25, 0.3) is 22.2 Å². The van der Waals surface area contributed by atoms with Crippen molar-refractivity contribution in [2.24, 2.45) is 0 Å². The van der Waals surface area contributed by atoms with E-state index in [-0.39, 0.29) is 42.0 Å². The molecule has 1 amide bonds. The molecule has 1 N–H and O–H groups in total. The molecule has 0 spiro atoms. The van der Waals surface area contributed by atoms with Gasteiger partial charge in [-0.05, 0) is 54.7 Å². The third-order valence-electron chi connectivity index (χ3n) is 6.81. The van der Waals surface area contributed by atoms with Gasteiger partial charge in [-0.2, -0.15) is 5.26 Å². The van der Waals surface area contributed by atoms with Crippen molar-refractivity contribution in [2.45, 2.75) is 31.7 Å². The maximum absolute atomic E-state index is 13.2. The van der Waals surface area contributed by atoms with E-state index in [9.17, 15) is 18.8 Å². The minimum Gasteiger partial charge on any atom is -0.412 e. The lowest BCUT2D eigenvalue weighted by molar-refractivity contribution is -0.120. The van der Waals surface area contributed by atoms with Crippen molar-refractivity contribution in [3.8, 4) is 6.07 Å². The fourth-order valence-electron chi connectivity index (χ4n) is 4.96. The van der Waals surface area contributed by atoms with E-state index in [4.69, 9.17) is 14.1 Å². The van der Waals surface area contributed by atoms with Crippen molar-refractivity contribution >= 4 is 28.1 Å². The zero-order valence-electron chi connectivity index (χ0n) is 20.0. The number of aromatic nitrogens is 1. The Morgan fingerprint density at radius 3 is 2.49 bits per heavy atom. The number of benzene rings is 2. The number of hydrogen-bond donors (Lipinski definition) is 1. The summed E-state index contributed by atoms with van der Waals surface area (Å²) >= 11 is 0. The minimum atomic E-state index is -1.07. The monoisotopic (exact) mass is 504 g/mol. The van der Waals surface area contributed by atoms with Crippen LogP contribution in [0.4, 0.5) is 4.39 Å². The molecule has 10 heteroatoms. The van der Waals surface area contributed by atoms with Crippen LogP contribution in [0.1, 0.15) is 30.0 Å². The quantitative estimate of drug-likeness (QED) is 0.303. The largest absolute Gasteiger partial charge is 0.424 e. The molecule has 1 aliphatic rings. The first-order chi connectivity index (χ1) is 17.9. The number of rotatable bonds is 7. The van der Waals surface area contributed by atoms with Gasteiger partial charge in [-0.15, -0.1) is 0 Å². The van der Waals surface area contributed by atoms with E-state index >= 15 is 0 Å². The first-order valence-corrected chi connectivity index (χ1v) is 12.1. The smallest absolute Gasteiger partial charge is 0.412 e. The van der Waals surface area contributed by atoms with Gasteiger partial charge in [-0.3, -0.25) is 4.79 Å². The van der Waals surface area contributed by atoms with Crippen molar-refractivity contribution in [3.63, 3.8) is 0 Å². The Bertz CT molecular complexity index is 1600. The van der Waals surface area contributed by atoms with Gasteiger partial charge in [0, 0.05) is 31.1 Å². The molecule has 0 saturated carbocycles. The van der Waals surface area contributed by atoms with Gasteiger partial charge < -0.3 is 23.6 Å². The van der Waals surface area contributed by atoms with Crippen molar-refractivity contribution in [3.05, 3.63) is 80.2 Å². The standard InChI is InChI=1S/C27H25FN4O5/c28-19-4-1-17(2-5-19)7-12-31-13-8-20(9-14-31)32-22-15-18(16-23(33)30-11-10-29)3-6-21(22)24-25(32)37-27(35)26(34)36-24/h1-6,15,20H,7-9,11-14,16H2,(H,30,33). The summed E-state index contributed by atoms with van der Waals surface area (Å²) in [6, 6.07) is 13.7. The van der Waals surface area contributed by atoms with Gasteiger partial charge in [0.2, 0.25) is 17.2 Å². The van der Waals surface area contributed by atoms with Crippen LogP contribution in [0.3, 0.4) is 0 Å². The molecule has 190 valence electrons. The zero-order chi connectivity index (χ0) is 25.9. The number of carbonyl (C=O) groups excluding carboxylic acids is 1. The van der Waals surface area contributed by atoms with Gasteiger partial charge in [-0.25, -0.2) is 14.0 Å². The molecule has 5 rings (SSSR count). The van der Waals surface area contributed by atoms with E-state index in [1.165, 1.54) is 12.1 Å². The van der Waals surface area contributed by atoms with Gasteiger partial charge in [0.15, 0.2) is 0 Å². The van der Waals surface area contributed by atoms with Gasteiger partial charge in [0.25, 0.3) is 0 Å². The molecular weight excluding hydrogens is 479 g/mol. The van der Waals surface area contributed by atoms with E-state index in [2.05, 4.69) is 10.2 Å². The summed E-state index contributed by atoms with van der Waals surface area (Å²) in [7, 11) is 0. The first-order valence-electron chi connectivity index (χ1n) is 12.1. The van der Waals surface area contributed by atoms with Crippen LogP contribution < -0.4 is 16.6 Å². The van der Waals surface area contributed by atoms with E-state index in [1.807, 2.05) is 16.7 Å². The van der Waals surface area contributed by atoms with Crippen molar-refractivity contribution in [2.75, 3.05) is 26.2 Å². The second-order valence-electron chi connectivity index (χ2n) is 9.20. The molecule has 1 aliphatic heterocycles. The van der Waals surface area contributed by atoms with Crippen LogP contribution in [0.15, 0.2) is 60.9 Å². The molecule has 0 aliphatic carbocycles. The fraction of sp³-hybridized carbons (Fsp3) is 0.333. The molecule has 37 heavy (non-hydrogen) atoms. The topological polar surface area (TPSA) is 121 Å². The highest BCUT2D eigenvalue weighted by molar-refractivity contribution is 6.03. The average molecular weight is 505 g/mol. The van der Waals surface area contributed by atoms with Crippen LogP contribution in [-0.4, -0.2) is 41.6 Å². The molecule has 0 unspecified atom stereocenters. The van der Waals surface area contributed by atoms with Crippen molar-refractivity contribution < 1.29 is 18.0 Å². The number of halogens is 1. The van der Waals surface area contributed by atoms with Gasteiger partial charge in [0.05, 0.1) is 18.0 Å². The number of likely N-dealkylation sites (tertiary alicyclic amines) is 1. The van der Waals surface area contributed by atoms with Crippen LogP contribution in [0, 0.1) is 17.1 Å². The summed E-state index contributed by atoms with van der Waals surface area (Å²) in [6.07, 6.45) is 2.45. The highest BCUT2D eigenvalue weighted by Gasteiger charge is 2.27. The molecule has 2 aromatic carbocycles. The fourth-order valence-corrected chi connectivity index (χ4v) is 4.96. The summed E-state index contributed by atoms with van der Waals surface area (Å²) in [5.41, 5.74) is 0.783. The highest BCUT2D eigenvalue weighted by atomic mass is 19.1. The second-order valence-corrected chi connectivity index (χ2v) is 9.20. The summed E-state index contributed by atoms with van der Waals surface area (Å²) in [6.45, 7) is 2.39. The lowest BCUT2D eigenvalue weighted by Gasteiger charge is -2.33. The first kappa shape index (κ1) is 24.5. The molecule has 1 fully saturated rings. The third-order valence-corrected chi connectivity index (χ3v) is 6.81. The number of fused-ring (bicyclic) bond motifs is 3. The van der Waals surface area contributed by atoms with E-state index < -0.39 is 11.3 Å². The predicted octanol–water partition coefficient (Wildman–Crippen LogP) is 2.90. The van der Waals surface area contributed by atoms with Crippen LogP contribution in [0.2, 0.25) is 0 Å². The molecule has 0 bridgehead atoms. The maximum atomic E-state index is 13.2. The lowest BCUT2D eigenvalue weighted by atomic mass is 10.0. The number of carbonyl (C=O) groups is 1. The van der Waals surface area contributed by atoms with Crippen LogP contribution >= 0.6 is 0 Å². The van der Waals surface area contributed by atoms with Gasteiger partial charge in [0.1, 0.15) is 12.4 Å². The normalized spacial score (nSPS) is 14.7. The van der Waals surface area contributed by atoms with E-state index in [1.54, 1.807) is 24.3 Å². The van der Waals surface area contributed by atoms with Crippen LogP contribution in [0.5, 0.6) is 0 Å². The number of nitriles is 1. The average Bonchev–Trinajstić information content (AvgIpc) is 3.20. The molecular formula is C27H25FN4O5. The van der Waals surface area contributed by atoms with Gasteiger partial charge in [-0.1, -0.05) is 18.2 Å². The zero-order valence-corrected chi connectivity index (χ0v) is 20.0. The molecule has 0 radical (unpaired) electrons. The minimum absolute atomic E-state index is 0.0133. The SMILES string of the molecule is N#CCNC(=O)Cc1ccc2c3oc(=O)c(=O)oc3n(C3CCN(CCc4ccc(F)cc4)CC3)c2c1. The maximum Gasteiger partial charge on any atom is 0.424 e. The van der Waals surface area contributed by atoms with E-state index in [0.29, 0.717) is 16.5 Å². The number of piperidine rings is 1. The molecule has 4 aromatic rings. The molecule has 0 atom stereocenters. The highest BCUT2D eigenvalue weighted by Crippen LogP contribution is 2.35. The van der Waals surface area contributed by atoms with E-state index in [0.717, 1.165) is 44.5 Å². The Hall–Kier alpha value is -4.23. The molecule has 9 nitrogen and oxygen atoms in total. The molecule has 1 saturated heterocycles. The summed E-state index contributed by atoms with van der Waals surface area (Å²) in [5, 5.41) is 11.8. The van der Waals surface area contributed by atoms with Crippen molar-refractivity contribution in [1.29, 1.82) is 5.26 Å². The molecule has 3 heterocycles. The Kier molecular flexibility index (Phi) is 6.88. The Balaban J connectivity index is 1.41. The number of amides is 1. The predicted molar refractivity (Wildman–Crippen MR) is 134 cm³/mol. The van der Waals surface area contributed by atoms with Gasteiger partial charge >= 0.3 is 11.3 Å². The second kappa shape index (κ2) is 10.4. The number of hydrogen-bond acceptors (Lipinski definition) is 7. The molecule has 2 aromatic heterocycles.